The molecule has 4 nitrogen and oxygen atoms in total. The Morgan fingerprint density at radius 3 is 2.94 bits per heavy atom. The molecule has 2 aliphatic rings. The van der Waals surface area contributed by atoms with E-state index in [2.05, 4.69) is 24.5 Å². The smallest absolute Gasteiger partial charge is 0.227 e. The fourth-order valence-corrected chi connectivity index (χ4v) is 3.04. The molecule has 0 radical (unpaired) electrons. The maximum Gasteiger partial charge on any atom is 0.227 e. The van der Waals surface area contributed by atoms with Crippen molar-refractivity contribution in [3.8, 4) is 0 Å². The molecule has 2 aliphatic heterocycles. The van der Waals surface area contributed by atoms with Gasteiger partial charge in [-0.1, -0.05) is 13.8 Å². The van der Waals surface area contributed by atoms with Crippen molar-refractivity contribution in [2.45, 2.75) is 33.1 Å². The minimum Gasteiger partial charge on any atom is -0.381 e. The monoisotopic (exact) mass is 254 g/mol. The van der Waals surface area contributed by atoms with E-state index in [1.54, 1.807) is 0 Å². The first-order valence-electron chi connectivity index (χ1n) is 7.22. The Labute approximate surface area is 110 Å². The predicted octanol–water partition coefficient (Wildman–Crippen LogP) is 1.16. The Morgan fingerprint density at radius 2 is 2.39 bits per heavy atom. The Morgan fingerprint density at radius 1 is 1.56 bits per heavy atom. The van der Waals surface area contributed by atoms with E-state index in [1.165, 1.54) is 6.42 Å². The Kier molecular flexibility index (Phi) is 4.62. The molecule has 2 N–H and O–H groups in total. The molecule has 0 bridgehead atoms. The molecule has 0 saturated carbocycles. The zero-order valence-electron chi connectivity index (χ0n) is 11.6. The third kappa shape index (κ3) is 2.86. The van der Waals surface area contributed by atoms with Gasteiger partial charge in [0.05, 0.1) is 12.0 Å². The highest BCUT2D eigenvalue weighted by Gasteiger charge is 2.43. The molecule has 0 spiro atoms. The van der Waals surface area contributed by atoms with Gasteiger partial charge >= 0.3 is 0 Å². The van der Waals surface area contributed by atoms with Crippen LogP contribution < -0.4 is 10.6 Å². The SMILES string of the molecule is CC(C)C1(C(=O)NCC2CCCOC2)CCNC1. The van der Waals surface area contributed by atoms with Crippen molar-refractivity contribution in [1.29, 1.82) is 0 Å². The molecule has 2 saturated heterocycles. The minimum absolute atomic E-state index is 0.199. The fraction of sp³-hybridized carbons (Fsp3) is 0.929. The molecule has 18 heavy (non-hydrogen) atoms. The molecular formula is C14H26N2O2. The highest BCUT2D eigenvalue weighted by Crippen LogP contribution is 2.34. The van der Waals surface area contributed by atoms with Crippen LogP contribution in [0.1, 0.15) is 33.1 Å². The topological polar surface area (TPSA) is 50.4 Å². The van der Waals surface area contributed by atoms with Gasteiger partial charge in [0.1, 0.15) is 0 Å². The van der Waals surface area contributed by atoms with Gasteiger partial charge in [0.15, 0.2) is 0 Å². The van der Waals surface area contributed by atoms with Gasteiger partial charge in [-0.05, 0) is 37.6 Å². The molecule has 1 amide bonds. The second-order valence-electron chi connectivity index (χ2n) is 6.03. The van der Waals surface area contributed by atoms with Crippen LogP contribution in [0.3, 0.4) is 0 Å². The highest BCUT2D eigenvalue weighted by molar-refractivity contribution is 5.83. The van der Waals surface area contributed by atoms with Gasteiger partial charge in [-0.3, -0.25) is 4.79 Å². The predicted molar refractivity (Wildman–Crippen MR) is 71.3 cm³/mol. The Balaban J connectivity index is 1.85. The summed E-state index contributed by atoms with van der Waals surface area (Å²) in [5.74, 6) is 1.12. The summed E-state index contributed by atoms with van der Waals surface area (Å²) in [4.78, 5) is 12.5. The van der Waals surface area contributed by atoms with Crippen molar-refractivity contribution in [3.63, 3.8) is 0 Å². The number of nitrogens with one attached hydrogen (secondary N) is 2. The van der Waals surface area contributed by atoms with E-state index in [4.69, 9.17) is 4.74 Å². The van der Waals surface area contributed by atoms with Gasteiger partial charge < -0.3 is 15.4 Å². The van der Waals surface area contributed by atoms with E-state index in [0.717, 1.165) is 45.7 Å². The number of rotatable bonds is 4. The van der Waals surface area contributed by atoms with Crippen LogP contribution in [0.2, 0.25) is 0 Å². The Bertz CT molecular complexity index is 280. The normalized spacial score (nSPS) is 32.7. The quantitative estimate of drug-likeness (QED) is 0.791. The molecule has 2 unspecified atom stereocenters. The van der Waals surface area contributed by atoms with Gasteiger partial charge in [-0.2, -0.15) is 0 Å². The summed E-state index contributed by atoms with van der Waals surface area (Å²) in [6.07, 6.45) is 3.25. The molecule has 4 heteroatoms. The Hall–Kier alpha value is -0.610. The summed E-state index contributed by atoms with van der Waals surface area (Å²) in [6.45, 7) is 8.52. The van der Waals surface area contributed by atoms with Crippen molar-refractivity contribution in [1.82, 2.24) is 10.6 Å². The average Bonchev–Trinajstić information content (AvgIpc) is 2.88. The lowest BCUT2D eigenvalue weighted by molar-refractivity contribution is -0.132. The van der Waals surface area contributed by atoms with Gasteiger partial charge in [-0.25, -0.2) is 0 Å². The van der Waals surface area contributed by atoms with Crippen molar-refractivity contribution in [2.75, 3.05) is 32.8 Å². The molecule has 2 atom stereocenters. The summed E-state index contributed by atoms with van der Waals surface area (Å²) in [5, 5.41) is 6.49. The van der Waals surface area contributed by atoms with Crippen LogP contribution in [0.25, 0.3) is 0 Å². The van der Waals surface area contributed by atoms with E-state index in [-0.39, 0.29) is 11.3 Å². The van der Waals surface area contributed by atoms with Crippen molar-refractivity contribution < 1.29 is 9.53 Å². The molecule has 0 aromatic carbocycles. The lowest BCUT2D eigenvalue weighted by Crippen LogP contribution is -2.47. The van der Waals surface area contributed by atoms with Crippen LogP contribution in [0.4, 0.5) is 0 Å². The first-order valence-corrected chi connectivity index (χ1v) is 7.22. The molecule has 104 valence electrons. The van der Waals surface area contributed by atoms with Gasteiger partial charge in [-0.15, -0.1) is 0 Å². The van der Waals surface area contributed by atoms with Gasteiger partial charge in [0.25, 0.3) is 0 Å². The number of hydrogen-bond acceptors (Lipinski definition) is 3. The number of ether oxygens (including phenoxy) is 1. The maximum absolute atomic E-state index is 12.5. The highest BCUT2D eigenvalue weighted by atomic mass is 16.5. The van der Waals surface area contributed by atoms with Gasteiger partial charge in [0, 0.05) is 19.7 Å². The zero-order chi connectivity index (χ0) is 13.0. The van der Waals surface area contributed by atoms with Crippen LogP contribution in [-0.4, -0.2) is 38.8 Å². The summed E-state index contributed by atoms with van der Waals surface area (Å²) in [5.41, 5.74) is -0.199. The average molecular weight is 254 g/mol. The number of hydrogen-bond donors (Lipinski definition) is 2. The molecule has 0 aromatic rings. The summed E-state index contributed by atoms with van der Waals surface area (Å²) < 4.78 is 5.45. The second kappa shape index (κ2) is 6.02. The summed E-state index contributed by atoms with van der Waals surface area (Å²) in [7, 11) is 0. The first kappa shape index (κ1) is 13.8. The molecule has 2 heterocycles. The fourth-order valence-electron chi connectivity index (χ4n) is 3.04. The zero-order valence-corrected chi connectivity index (χ0v) is 11.6. The summed E-state index contributed by atoms with van der Waals surface area (Å²) in [6, 6.07) is 0. The van der Waals surface area contributed by atoms with Crippen LogP contribution >= 0.6 is 0 Å². The third-order valence-electron chi connectivity index (χ3n) is 4.55. The van der Waals surface area contributed by atoms with Crippen LogP contribution in [0.15, 0.2) is 0 Å². The molecule has 2 fully saturated rings. The van der Waals surface area contributed by atoms with Crippen molar-refractivity contribution >= 4 is 5.91 Å². The van der Waals surface area contributed by atoms with E-state index in [1.807, 2.05) is 0 Å². The van der Waals surface area contributed by atoms with E-state index in [9.17, 15) is 4.79 Å². The number of carbonyl (C=O) groups is 1. The van der Waals surface area contributed by atoms with E-state index >= 15 is 0 Å². The molecule has 0 aromatic heterocycles. The molecular weight excluding hydrogens is 228 g/mol. The van der Waals surface area contributed by atoms with Crippen LogP contribution in [0.5, 0.6) is 0 Å². The number of carbonyl (C=O) groups excluding carboxylic acids is 1. The molecule has 0 aliphatic carbocycles. The third-order valence-corrected chi connectivity index (χ3v) is 4.55. The van der Waals surface area contributed by atoms with Crippen molar-refractivity contribution in [2.24, 2.45) is 17.3 Å². The lowest BCUT2D eigenvalue weighted by atomic mass is 9.75. The lowest BCUT2D eigenvalue weighted by Gasteiger charge is -2.32. The van der Waals surface area contributed by atoms with Crippen molar-refractivity contribution in [3.05, 3.63) is 0 Å². The minimum atomic E-state index is -0.199. The second-order valence-corrected chi connectivity index (χ2v) is 6.03. The van der Waals surface area contributed by atoms with Gasteiger partial charge in [0.2, 0.25) is 5.91 Å². The number of amides is 1. The van der Waals surface area contributed by atoms with Crippen LogP contribution in [0, 0.1) is 17.3 Å². The van der Waals surface area contributed by atoms with E-state index < -0.39 is 0 Å². The summed E-state index contributed by atoms with van der Waals surface area (Å²) >= 11 is 0. The standard InChI is InChI=1S/C14H26N2O2/c1-11(2)14(5-6-15-10-14)13(17)16-8-12-4-3-7-18-9-12/h11-12,15H,3-10H2,1-2H3,(H,16,17). The van der Waals surface area contributed by atoms with E-state index in [0.29, 0.717) is 11.8 Å². The molecule has 2 rings (SSSR count). The first-order chi connectivity index (χ1) is 8.65. The maximum atomic E-state index is 12.5. The largest absolute Gasteiger partial charge is 0.381 e. The van der Waals surface area contributed by atoms with Crippen LogP contribution in [-0.2, 0) is 9.53 Å².